The van der Waals surface area contributed by atoms with Gasteiger partial charge in [0.25, 0.3) is 0 Å². The van der Waals surface area contributed by atoms with Gasteiger partial charge in [-0.25, -0.2) is 10.2 Å². The number of hydrazone groups is 1. The molecule has 9 heteroatoms. The summed E-state index contributed by atoms with van der Waals surface area (Å²) in [7, 11) is 0. The number of hydrogen-bond donors (Lipinski definition) is 2. The van der Waals surface area contributed by atoms with Crippen LogP contribution in [0.2, 0.25) is 10.0 Å². The number of rotatable bonds is 5. The summed E-state index contributed by atoms with van der Waals surface area (Å²) < 4.78 is 5.47. The lowest BCUT2D eigenvalue weighted by Crippen LogP contribution is -2.33. The number of esters is 1. The van der Waals surface area contributed by atoms with Crippen LogP contribution in [0, 0.1) is 0 Å². The molecule has 0 aliphatic heterocycles. The van der Waals surface area contributed by atoms with E-state index in [0.717, 1.165) is 0 Å². The van der Waals surface area contributed by atoms with Crippen LogP contribution in [-0.4, -0.2) is 23.5 Å². The van der Waals surface area contributed by atoms with Gasteiger partial charge in [-0.1, -0.05) is 59.6 Å². The number of hydrogen-bond acceptors (Lipinski definition) is 5. The van der Waals surface area contributed by atoms with Crippen LogP contribution in [0.3, 0.4) is 0 Å². The zero-order valence-electron chi connectivity index (χ0n) is 16.8. The fourth-order valence-electron chi connectivity index (χ4n) is 2.62. The van der Waals surface area contributed by atoms with Gasteiger partial charge in [-0.3, -0.25) is 9.59 Å². The second kappa shape index (κ2) is 10.6. The first-order valence-corrected chi connectivity index (χ1v) is 10.1. The third-order valence-electron chi connectivity index (χ3n) is 4.23. The molecule has 0 spiro atoms. The van der Waals surface area contributed by atoms with Gasteiger partial charge >= 0.3 is 17.8 Å². The predicted molar refractivity (Wildman–Crippen MR) is 123 cm³/mol. The van der Waals surface area contributed by atoms with Crippen molar-refractivity contribution < 1.29 is 19.1 Å². The standard InChI is InChI=1S/C23H17Cl2N3O4/c1-14(27-28-22(30)21(29)26-19-12-6-5-11-18(19)25)15-8-3-7-13-20(15)32-23(31)16-9-2-4-10-17(16)24/h2-13H,1H3,(H,26,29)(H,28,30)/b27-14+. The maximum Gasteiger partial charge on any atom is 0.345 e. The third kappa shape index (κ3) is 5.72. The molecule has 162 valence electrons. The molecule has 3 aromatic carbocycles. The fourth-order valence-corrected chi connectivity index (χ4v) is 3.02. The third-order valence-corrected chi connectivity index (χ3v) is 4.89. The second-order valence-electron chi connectivity index (χ2n) is 6.44. The first-order valence-electron chi connectivity index (χ1n) is 9.33. The smallest absolute Gasteiger partial charge is 0.345 e. The van der Waals surface area contributed by atoms with E-state index in [2.05, 4.69) is 15.8 Å². The average molecular weight is 470 g/mol. The molecule has 0 radical (unpaired) electrons. The molecule has 0 aromatic heterocycles. The molecule has 0 fully saturated rings. The Morgan fingerprint density at radius 2 is 1.38 bits per heavy atom. The molecule has 2 amide bonds. The van der Waals surface area contributed by atoms with Crippen LogP contribution in [0.15, 0.2) is 77.9 Å². The van der Waals surface area contributed by atoms with Gasteiger partial charge in [-0.15, -0.1) is 0 Å². The number of carbonyl (C=O) groups excluding carboxylic acids is 3. The molecular weight excluding hydrogens is 453 g/mol. The summed E-state index contributed by atoms with van der Waals surface area (Å²) in [5.41, 5.74) is 3.44. The highest BCUT2D eigenvalue weighted by molar-refractivity contribution is 6.41. The molecule has 0 unspecified atom stereocenters. The summed E-state index contributed by atoms with van der Waals surface area (Å²) >= 11 is 12.0. The highest BCUT2D eigenvalue weighted by atomic mass is 35.5. The number of halogens is 2. The second-order valence-corrected chi connectivity index (χ2v) is 7.25. The van der Waals surface area contributed by atoms with E-state index in [1.807, 2.05) is 0 Å². The zero-order chi connectivity index (χ0) is 23.1. The lowest BCUT2D eigenvalue weighted by Gasteiger charge is -2.11. The van der Waals surface area contributed by atoms with Crippen molar-refractivity contribution in [3.8, 4) is 5.75 Å². The molecule has 0 atom stereocenters. The molecule has 7 nitrogen and oxygen atoms in total. The van der Waals surface area contributed by atoms with Gasteiger partial charge in [0.1, 0.15) is 5.75 Å². The monoisotopic (exact) mass is 469 g/mol. The van der Waals surface area contributed by atoms with Gasteiger partial charge in [0, 0.05) is 5.56 Å². The first-order chi connectivity index (χ1) is 15.4. The molecule has 3 rings (SSSR count). The first kappa shape index (κ1) is 23.0. The van der Waals surface area contributed by atoms with E-state index in [4.69, 9.17) is 27.9 Å². The van der Waals surface area contributed by atoms with Crippen molar-refractivity contribution in [1.82, 2.24) is 5.43 Å². The number of para-hydroxylation sites is 2. The Balaban J connectivity index is 1.71. The summed E-state index contributed by atoms with van der Waals surface area (Å²) in [6, 6.07) is 19.6. The normalized spacial score (nSPS) is 10.9. The van der Waals surface area contributed by atoms with Crippen LogP contribution >= 0.6 is 23.2 Å². The Labute approximate surface area is 194 Å². The summed E-state index contributed by atoms with van der Waals surface area (Å²) in [5, 5.41) is 6.90. The maximum atomic E-state index is 12.5. The van der Waals surface area contributed by atoms with Gasteiger partial charge in [0.05, 0.1) is 27.0 Å². The SMILES string of the molecule is C/C(=N\NC(=O)C(=O)Nc1ccccc1Cl)c1ccccc1OC(=O)c1ccccc1Cl. The molecule has 0 heterocycles. The van der Waals surface area contributed by atoms with E-state index in [-0.39, 0.29) is 16.3 Å². The number of carbonyl (C=O) groups is 3. The summed E-state index contributed by atoms with van der Waals surface area (Å²) in [6.45, 7) is 1.59. The van der Waals surface area contributed by atoms with E-state index in [0.29, 0.717) is 22.0 Å². The van der Waals surface area contributed by atoms with Crippen molar-refractivity contribution >= 4 is 52.4 Å². The number of benzene rings is 3. The molecule has 32 heavy (non-hydrogen) atoms. The molecule has 3 aromatic rings. The summed E-state index contributed by atoms with van der Waals surface area (Å²) in [4.78, 5) is 36.7. The topological polar surface area (TPSA) is 96.9 Å². The van der Waals surface area contributed by atoms with E-state index in [1.54, 1.807) is 79.7 Å². The van der Waals surface area contributed by atoms with Crippen LogP contribution in [0.5, 0.6) is 5.75 Å². The number of amides is 2. The van der Waals surface area contributed by atoms with Gasteiger partial charge < -0.3 is 10.1 Å². The Bertz CT molecular complexity index is 1210. The molecule has 0 bridgehead atoms. The van der Waals surface area contributed by atoms with Crippen molar-refractivity contribution in [2.75, 3.05) is 5.32 Å². The molecule has 0 saturated heterocycles. The number of ether oxygens (including phenoxy) is 1. The number of nitrogens with one attached hydrogen (secondary N) is 2. The van der Waals surface area contributed by atoms with Crippen LogP contribution in [0.1, 0.15) is 22.8 Å². The van der Waals surface area contributed by atoms with Crippen molar-refractivity contribution in [3.05, 3.63) is 94.0 Å². The Morgan fingerprint density at radius 1 is 0.781 bits per heavy atom. The van der Waals surface area contributed by atoms with Gasteiger partial charge in [0.2, 0.25) is 0 Å². The maximum absolute atomic E-state index is 12.5. The summed E-state index contributed by atoms with van der Waals surface area (Å²) in [6.07, 6.45) is 0. The number of nitrogens with zero attached hydrogens (tertiary/aromatic N) is 1. The number of anilines is 1. The molecule has 2 N–H and O–H groups in total. The molecular formula is C23H17Cl2N3O4. The quantitative estimate of drug-likeness (QED) is 0.186. The highest BCUT2D eigenvalue weighted by Gasteiger charge is 2.17. The van der Waals surface area contributed by atoms with Crippen LogP contribution in [0.25, 0.3) is 0 Å². The minimum Gasteiger partial charge on any atom is -0.422 e. The Kier molecular flexibility index (Phi) is 7.59. The zero-order valence-corrected chi connectivity index (χ0v) is 18.3. The highest BCUT2D eigenvalue weighted by Crippen LogP contribution is 2.23. The molecule has 0 aliphatic carbocycles. The molecule has 0 saturated carbocycles. The largest absolute Gasteiger partial charge is 0.422 e. The van der Waals surface area contributed by atoms with Crippen molar-refractivity contribution in [1.29, 1.82) is 0 Å². The van der Waals surface area contributed by atoms with E-state index in [1.165, 1.54) is 0 Å². The lowest BCUT2D eigenvalue weighted by molar-refractivity contribution is -0.136. The van der Waals surface area contributed by atoms with Gasteiger partial charge in [-0.2, -0.15) is 5.10 Å². The van der Waals surface area contributed by atoms with Crippen LogP contribution in [0.4, 0.5) is 5.69 Å². The minimum absolute atomic E-state index is 0.211. The van der Waals surface area contributed by atoms with Crippen molar-refractivity contribution in [2.45, 2.75) is 6.92 Å². The fraction of sp³-hybridized carbons (Fsp3) is 0.0435. The Morgan fingerprint density at radius 3 is 2.06 bits per heavy atom. The van der Waals surface area contributed by atoms with Gasteiger partial charge in [-0.05, 0) is 43.3 Å². The van der Waals surface area contributed by atoms with Crippen LogP contribution in [-0.2, 0) is 9.59 Å². The van der Waals surface area contributed by atoms with Crippen LogP contribution < -0.4 is 15.5 Å². The van der Waals surface area contributed by atoms with Crippen molar-refractivity contribution in [3.63, 3.8) is 0 Å². The van der Waals surface area contributed by atoms with E-state index in [9.17, 15) is 14.4 Å². The lowest BCUT2D eigenvalue weighted by atomic mass is 10.1. The minimum atomic E-state index is -0.991. The van der Waals surface area contributed by atoms with E-state index < -0.39 is 17.8 Å². The molecule has 0 aliphatic rings. The predicted octanol–water partition coefficient (Wildman–Crippen LogP) is 4.69. The summed E-state index contributed by atoms with van der Waals surface area (Å²) in [5.74, 6) is -2.35. The average Bonchev–Trinajstić information content (AvgIpc) is 2.79. The van der Waals surface area contributed by atoms with E-state index >= 15 is 0 Å². The van der Waals surface area contributed by atoms with Gasteiger partial charge in [0.15, 0.2) is 0 Å². The Hall–Kier alpha value is -3.68. The van der Waals surface area contributed by atoms with Crippen molar-refractivity contribution in [2.24, 2.45) is 5.10 Å².